The Bertz CT molecular complexity index is 902. The molecule has 0 aliphatic carbocycles. The van der Waals surface area contributed by atoms with Gasteiger partial charge in [-0.05, 0) is 42.3 Å². The number of imidazole rings is 1. The summed E-state index contributed by atoms with van der Waals surface area (Å²) >= 11 is 0. The summed E-state index contributed by atoms with van der Waals surface area (Å²) in [5.74, 6) is 1.28. The first-order valence-electron chi connectivity index (χ1n) is 8.02. The van der Waals surface area contributed by atoms with Crippen LogP contribution in [0, 0.1) is 0 Å². The van der Waals surface area contributed by atoms with E-state index in [0.29, 0.717) is 30.0 Å². The minimum Gasteiger partial charge on any atom is -0.493 e. The van der Waals surface area contributed by atoms with Gasteiger partial charge in [-0.25, -0.2) is 4.98 Å². The number of amides is 1. The molecule has 1 aromatic heterocycles. The number of benzene rings is 2. The summed E-state index contributed by atoms with van der Waals surface area (Å²) in [5.41, 5.74) is 3.49. The molecule has 1 amide bonds. The van der Waals surface area contributed by atoms with Crippen LogP contribution in [0.3, 0.4) is 0 Å². The minimum atomic E-state index is -0.104. The highest BCUT2D eigenvalue weighted by Crippen LogP contribution is 2.27. The first kappa shape index (κ1) is 16.8. The monoisotopic (exact) mass is 339 g/mol. The van der Waals surface area contributed by atoms with Gasteiger partial charge in [0.1, 0.15) is 0 Å². The van der Waals surface area contributed by atoms with Gasteiger partial charge in [-0.2, -0.15) is 0 Å². The maximum absolute atomic E-state index is 12.3. The van der Waals surface area contributed by atoms with Crippen molar-refractivity contribution in [1.82, 2.24) is 14.9 Å². The fraction of sp³-hybridized carbons (Fsp3) is 0.263. The molecule has 3 aromatic rings. The van der Waals surface area contributed by atoms with Gasteiger partial charge in [0.25, 0.3) is 5.91 Å². The molecule has 0 aliphatic rings. The molecule has 0 bridgehead atoms. The largest absolute Gasteiger partial charge is 0.493 e. The molecule has 0 saturated heterocycles. The predicted octanol–water partition coefficient (Wildman–Crippen LogP) is 2.56. The quantitative estimate of drug-likeness (QED) is 0.750. The van der Waals surface area contributed by atoms with Crippen LogP contribution in [-0.2, 0) is 13.5 Å². The Morgan fingerprint density at radius 3 is 2.68 bits per heavy atom. The van der Waals surface area contributed by atoms with Gasteiger partial charge in [0, 0.05) is 19.2 Å². The van der Waals surface area contributed by atoms with Crippen LogP contribution in [0.15, 0.2) is 42.7 Å². The molecule has 3 rings (SSSR count). The maximum Gasteiger partial charge on any atom is 0.251 e. The third-order valence-electron chi connectivity index (χ3n) is 4.13. The summed E-state index contributed by atoms with van der Waals surface area (Å²) in [6.07, 6.45) is 2.45. The molecule has 2 aromatic carbocycles. The number of hydrogen-bond donors (Lipinski definition) is 1. The predicted molar refractivity (Wildman–Crippen MR) is 96.3 cm³/mol. The Balaban J connectivity index is 1.62. The number of rotatable bonds is 6. The number of ether oxygens (including phenoxy) is 2. The molecule has 6 heteroatoms. The van der Waals surface area contributed by atoms with E-state index in [1.54, 1.807) is 26.6 Å². The number of nitrogens with zero attached hydrogens (tertiary/aromatic N) is 2. The fourth-order valence-electron chi connectivity index (χ4n) is 2.74. The second-order valence-electron chi connectivity index (χ2n) is 5.75. The third kappa shape index (κ3) is 3.57. The zero-order valence-corrected chi connectivity index (χ0v) is 14.6. The Hall–Kier alpha value is -3.02. The van der Waals surface area contributed by atoms with Crippen molar-refractivity contribution in [2.24, 2.45) is 7.05 Å². The van der Waals surface area contributed by atoms with Gasteiger partial charge in [-0.1, -0.05) is 6.07 Å². The van der Waals surface area contributed by atoms with Crippen LogP contribution in [0.5, 0.6) is 11.5 Å². The van der Waals surface area contributed by atoms with E-state index in [1.807, 2.05) is 41.9 Å². The van der Waals surface area contributed by atoms with Gasteiger partial charge in [0.15, 0.2) is 11.5 Å². The standard InChI is InChI=1S/C19H21N3O3/c1-22-12-21-15-11-14(5-6-16(15)22)19(23)20-9-8-13-4-7-17(24-2)18(10-13)25-3/h4-7,10-12H,8-9H2,1-3H3,(H,20,23). The van der Waals surface area contributed by atoms with Crippen LogP contribution in [0.2, 0.25) is 0 Å². The number of aryl methyl sites for hydroxylation is 1. The maximum atomic E-state index is 12.3. The van der Waals surface area contributed by atoms with Gasteiger partial charge < -0.3 is 19.4 Å². The highest BCUT2D eigenvalue weighted by molar-refractivity contribution is 5.97. The lowest BCUT2D eigenvalue weighted by atomic mass is 10.1. The van der Waals surface area contributed by atoms with Crippen molar-refractivity contribution < 1.29 is 14.3 Å². The first-order chi connectivity index (χ1) is 12.1. The van der Waals surface area contributed by atoms with Crippen molar-refractivity contribution in [2.75, 3.05) is 20.8 Å². The lowest BCUT2D eigenvalue weighted by molar-refractivity contribution is 0.0954. The van der Waals surface area contributed by atoms with E-state index in [1.165, 1.54) is 0 Å². The molecule has 0 fully saturated rings. The van der Waals surface area contributed by atoms with Crippen molar-refractivity contribution in [3.63, 3.8) is 0 Å². The Morgan fingerprint density at radius 1 is 1.12 bits per heavy atom. The Morgan fingerprint density at radius 2 is 1.92 bits per heavy atom. The van der Waals surface area contributed by atoms with E-state index < -0.39 is 0 Å². The molecular weight excluding hydrogens is 318 g/mol. The molecule has 0 atom stereocenters. The van der Waals surface area contributed by atoms with E-state index in [0.717, 1.165) is 16.6 Å². The van der Waals surface area contributed by atoms with Gasteiger partial charge in [0.2, 0.25) is 0 Å². The number of fused-ring (bicyclic) bond motifs is 1. The second kappa shape index (κ2) is 7.25. The third-order valence-corrected chi connectivity index (χ3v) is 4.13. The van der Waals surface area contributed by atoms with Crippen LogP contribution >= 0.6 is 0 Å². The van der Waals surface area contributed by atoms with Crippen LogP contribution in [-0.4, -0.2) is 36.2 Å². The summed E-state index contributed by atoms with van der Waals surface area (Å²) in [5, 5.41) is 2.94. The number of carbonyl (C=O) groups excluding carboxylic acids is 1. The van der Waals surface area contributed by atoms with E-state index in [4.69, 9.17) is 9.47 Å². The highest BCUT2D eigenvalue weighted by atomic mass is 16.5. The number of hydrogen-bond acceptors (Lipinski definition) is 4. The lowest BCUT2D eigenvalue weighted by Crippen LogP contribution is -2.25. The van der Waals surface area contributed by atoms with Crippen LogP contribution in [0.25, 0.3) is 11.0 Å². The number of methoxy groups -OCH3 is 2. The van der Waals surface area contributed by atoms with Crippen molar-refractivity contribution in [3.8, 4) is 11.5 Å². The zero-order valence-electron chi connectivity index (χ0n) is 14.6. The molecule has 0 saturated carbocycles. The molecular formula is C19H21N3O3. The second-order valence-corrected chi connectivity index (χ2v) is 5.75. The SMILES string of the molecule is COc1ccc(CCNC(=O)c2ccc3c(c2)ncn3C)cc1OC. The minimum absolute atomic E-state index is 0.104. The number of nitrogens with one attached hydrogen (secondary N) is 1. The van der Waals surface area contributed by atoms with E-state index in [2.05, 4.69) is 10.3 Å². The average molecular weight is 339 g/mol. The summed E-state index contributed by atoms with van der Waals surface area (Å²) in [4.78, 5) is 16.6. The summed E-state index contributed by atoms with van der Waals surface area (Å²) in [6, 6.07) is 11.3. The fourth-order valence-corrected chi connectivity index (χ4v) is 2.74. The zero-order chi connectivity index (χ0) is 17.8. The summed E-state index contributed by atoms with van der Waals surface area (Å²) in [6.45, 7) is 0.536. The van der Waals surface area contributed by atoms with E-state index in [9.17, 15) is 4.79 Å². The highest BCUT2D eigenvalue weighted by Gasteiger charge is 2.09. The van der Waals surface area contributed by atoms with Crippen molar-refractivity contribution >= 4 is 16.9 Å². The van der Waals surface area contributed by atoms with Gasteiger partial charge in [-0.15, -0.1) is 0 Å². The molecule has 25 heavy (non-hydrogen) atoms. The van der Waals surface area contributed by atoms with Gasteiger partial charge >= 0.3 is 0 Å². The summed E-state index contributed by atoms with van der Waals surface area (Å²) in [7, 11) is 5.14. The first-order valence-corrected chi connectivity index (χ1v) is 8.02. The topological polar surface area (TPSA) is 65.4 Å². The normalized spacial score (nSPS) is 10.7. The summed E-state index contributed by atoms with van der Waals surface area (Å²) < 4.78 is 12.4. The van der Waals surface area contributed by atoms with E-state index in [-0.39, 0.29) is 5.91 Å². The smallest absolute Gasteiger partial charge is 0.251 e. The van der Waals surface area contributed by atoms with Crippen LogP contribution in [0.1, 0.15) is 15.9 Å². The van der Waals surface area contributed by atoms with Crippen LogP contribution < -0.4 is 14.8 Å². The number of aromatic nitrogens is 2. The average Bonchev–Trinajstić information content (AvgIpc) is 3.01. The molecule has 0 radical (unpaired) electrons. The van der Waals surface area contributed by atoms with Gasteiger partial charge in [0.05, 0.1) is 31.6 Å². The van der Waals surface area contributed by atoms with Gasteiger partial charge in [-0.3, -0.25) is 4.79 Å². The van der Waals surface area contributed by atoms with Crippen molar-refractivity contribution in [2.45, 2.75) is 6.42 Å². The Labute approximate surface area is 146 Å². The van der Waals surface area contributed by atoms with Crippen LogP contribution in [0.4, 0.5) is 0 Å². The molecule has 130 valence electrons. The van der Waals surface area contributed by atoms with E-state index >= 15 is 0 Å². The van der Waals surface area contributed by atoms with Crippen molar-refractivity contribution in [3.05, 3.63) is 53.9 Å². The Kier molecular flexibility index (Phi) is 4.88. The molecule has 0 aliphatic heterocycles. The molecule has 0 unspecified atom stereocenters. The lowest BCUT2D eigenvalue weighted by Gasteiger charge is -2.10. The molecule has 1 heterocycles. The molecule has 0 spiro atoms. The molecule has 6 nitrogen and oxygen atoms in total. The number of carbonyl (C=O) groups is 1. The molecule has 1 N–H and O–H groups in total. The van der Waals surface area contributed by atoms with Crippen molar-refractivity contribution in [1.29, 1.82) is 0 Å².